The van der Waals surface area contributed by atoms with Gasteiger partial charge in [0.15, 0.2) is 0 Å². The van der Waals surface area contributed by atoms with E-state index in [1.807, 2.05) is 65.7 Å². The van der Waals surface area contributed by atoms with Gasteiger partial charge in [0.25, 0.3) is 0 Å². The van der Waals surface area contributed by atoms with Crippen molar-refractivity contribution in [3.05, 3.63) is 90.5 Å². The Morgan fingerprint density at radius 3 is 2.21 bits per heavy atom. The Bertz CT molecular complexity index is 1020. The van der Waals surface area contributed by atoms with Gasteiger partial charge >= 0.3 is 0 Å². The Kier molecular flexibility index (Phi) is 7.64. The number of amides is 2. The van der Waals surface area contributed by atoms with Gasteiger partial charge < -0.3 is 15.1 Å². The highest BCUT2D eigenvalue weighted by atomic mass is 16.2. The summed E-state index contributed by atoms with van der Waals surface area (Å²) in [6, 6.07) is 17.7. The lowest BCUT2D eigenvalue weighted by atomic mass is 9.95. The number of rotatable bonds is 8. The minimum atomic E-state index is -0.0636. The summed E-state index contributed by atoms with van der Waals surface area (Å²) in [4.78, 5) is 37.9. The largest absolute Gasteiger partial charge is 0.358 e. The molecule has 7 nitrogen and oxygen atoms in total. The Morgan fingerprint density at radius 1 is 0.909 bits per heavy atom. The van der Waals surface area contributed by atoms with Gasteiger partial charge in [0.05, 0.1) is 6.54 Å². The fourth-order valence-electron chi connectivity index (χ4n) is 4.08. The molecule has 0 aliphatic carbocycles. The summed E-state index contributed by atoms with van der Waals surface area (Å²) < 4.78 is 0. The first-order valence-electron chi connectivity index (χ1n) is 11.3. The molecule has 1 N–H and O–H groups in total. The Morgan fingerprint density at radius 2 is 1.58 bits per heavy atom. The predicted octanol–water partition coefficient (Wildman–Crippen LogP) is 3.04. The van der Waals surface area contributed by atoms with Gasteiger partial charge in [-0.25, -0.2) is 0 Å². The van der Waals surface area contributed by atoms with Gasteiger partial charge in [-0.15, -0.1) is 0 Å². The zero-order valence-corrected chi connectivity index (χ0v) is 18.6. The normalized spacial score (nSPS) is 14.0. The van der Waals surface area contributed by atoms with Crippen molar-refractivity contribution in [2.75, 3.05) is 24.5 Å². The molecule has 2 aromatic heterocycles. The zero-order chi connectivity index (χ0) is 22.9. The molecule has 1 fully saturated rings. The lowest BCUT2D eigenvalue weighted by molar-refractivity contribution is -0.134. The average molecular weight is 444 g/mol. The van der Waals surface area contributed by atoms with Crippen LogP contribution in [0.25, 0.3) is 0 Å². The van der Waals surface area contributed by atoms with E-state index in [0.29, 0.717) is 39.0 Å². The number of anilines is 1. The van der Waals surface area contributed by atoms with Crippen LogP contribution in [0, 0.1) is 5.92 Å². The molecule has 4 rings (SSSR count). The molecule has 0 spiro atoms. The molecule has 170 valence electrons. The Balaban J connectivity index is 1.30. The summed E-state index contributed by atoms with van der Waals surface area (Å²) in [5, 5.41) is 3.00. The maximum atomic E-state index is 13.1. The van der Waals surface area contributed by atoms with Gasteiger partial charge in [0.1, 0.15) is 0 Å². The molecule has 1 aliphatic rings. The number of likely N-dealkylation sites (tertiary alicyclic amines) is 1. The highest BCUT2D eigenvalue weighted by Gasteiger charge is 2.28. The minimum absolute atomic E-state index is 0.0495. The standard InChI is InChI=1S/C26H29N5O2/c32-25(20-31(24-8-2-1-3-9-24)19-22-7-5-13-28-17-22)30-14-10-23(11-15-30)26(33)29-18-21-6-4-12-27-16-21/h1-9,12-13,16-17,23H,10-11,14-15,18-20H2,(H,29,33). The van der Waals surface area contributed by atoms with Crippen LogP contribution in [0.3, 0.4) is 0 Å². The molecule has 3 heterocycles. The summed E-state index contributed by atoms with van der Waals surface area (Å²) in [5.74, 6) is 0.0664. The number of carbonyl (C=O) groups is 2. The van der Waals surface area contributed by atoms with Crippen molar-refractivity contribution in [1.29, 1.82) is 0 Å². The molecule has 0 bridgehead atoms. The Labute approximate surface area is 194 Å². The summed E-state index contributed by atoms with van der Waals surface area (Å²) >= 11 is 0. The molecule has 33 heavy (non-hydrogen) atoms. The van der Waals surface area contributed by atoms with E-state index in [2.05, 4.69) is 20.2 Å². The van der Waals surface area contributed by atoms with Crippen LogP contribution in [0.5, 0.6) is 0 Å². The monoisotopic (exact) mass is 443 g/mol. The number of nitrogens with zero attached hydrogens (tertiary/aromatic N) is 4. The van der Waals surface area contributed by atoms with Crippen LogP contribution in [0.4, 0.5) is 5.69 Å². The maximum Gasteiger partial charge on any atom is 0.242 e. The van der Waals surface area contributed by atoms with Gasteiger partial charge in [-0.05, 0) is 48.2 Å². The number of hydrogen-bond acceptors (Lipinski definition) is 5. The molecule has 7 heteroatoms. The van der Waals surface area contributed by atoms with E-state index >= 15 is 0 Å². The number of carbonyl (C=O) groups excluding carboxylic acids is 2. The first-order chi connectivity index (χ1) is 16.2. The van der Waals surface area contributed by atoms with Gasteiger partial charge in [0.2, 0.25) is 11.8 Å². The van der Waals surface area contributed by atoms with E-state index in [1.54, 1.807) is 18.6 Å². The first kappa shape index (κ1) is 22.5. The third-order valence-corrected chi connectivity index (χ3v) is 5.95. The number of nitrogens with one attached hydrogen (secondary N) is 1. The zero-order valence-electron chi connectivity index (χ0n) is 18.6. The summed E-state index contributed by atoms with van der Waals surface area (Å²) in [5.41, 5.74) is 3.03. The highest BCUT2D eigenvalue weighted by molar-refractivity contribution is 5.82. The van der Waals surface area contributed by atoms with E-state index in [9.17, 15) is 9.59 Å². The van der Waals surface area contributed by atoms with Crippen LogP contribution in [0.1, 0.15) is 24.0 Å². The van der Waals surface area contributed by atoms with E-state index in [0.717, 1.165) is 16.8 Å². The molecule has 0 radical (unpaired) electrons. The molecule has 1 saturated heterocycles. The van der Waals surface area contributed by atoms with Crippen LogP contribution < -0.4 is 10.2 Å². The van der Waals surface area contributed by atoms with Gasteiger partial charge in [-0.3, -0.25) is 19.6 Å². The van der Waals surface area contributed by atoms with Crippen molar-refractivity contribution >= 4 is 17.5 Å². The number of hydrogen-bond donors (Lipinski definition) is 1. The van der Waals surface area contributed by atoms with Crippen molar-refractivity contribution < 1.29 is 9.59 Å². The Hall–Kier alpha value is -3.74. The highest BCUT2D eigenvalue weighted by Crippen LogP contribution is 2.20. The minimum Gasteiger partial charge on any atom is -0.358 e. The molecular weight excluding hydrogens is 414 g/mol. The summed E-state index contributed by atoms with van der Waals surface area (Å²) in [7, 11) is 0. The van der Waals surface area contributed by atoms with Crippen molar-refractivity contribution in [2.24, 2.45) is 5.92 Å². The van der Waals surface area contributed by atoms with Crippen LogP contribution in [0.2, 0.25) is 0 Å². The second-order valence-electron chi connectivity index (χ2n) is 8.29. The number of para-hydroxylation sites is 1. The molecule has 0 saturated carbocycles. The SMILES string of the molecule is O=C(NCc1cccnc1)C1CCN(C(=O)CN(Cc2cccnc2)c2ccccc2)CC1. The lowest BCUT2D eigenvalue weighted by Crippen LogP contribution is -2.46. The number of aromatic nitrogens is 2. The fraction of sp³-hybridized carbons (Fsp3) is 0.308. The third-order valence-electron chi connectivity index (χ3n) is 5.95. The third kappa shape index (κ3) is 6.38. The average Bonchev–Trinajstić information content (AvgIpc) is 2.88. The van der Waals surface area contributed by atoms with Crippen molar-refractivity contribution in [1.82, 2.24) is 20.2 Å². The number of piperidine rings is 1. The van der Waals surface area contributed by atoms with E-state index < -0.39 is 0 Å². The second-order valence-corrected chi connectivity index (χ2v) is 8.29. The van der Waals surface area contributed by atoms with Crippen LogP contribution in [0.15, 0.2) is 79.4 Å². The predicted molar refractivity (Wildman–Crippen MR) is 127 cm³/mol. The lowest BCUT2D eigenvalue weighted by Gasteiger charge is -2.33. The van der Waals surface area contributed by atoms with Crippen molar-refractivity contribution in [3.63, 3.8) is 0 Å². The van der Waals surface area contributed by atoms with Gasteiger partial charge in [-0.1, -0.05) is 30.3 Å². The molecular formula is C26H29N5O2. The van der Waals surface area contributed by atoms with Gasteiger partial charge in [0, 0.05) is 62.6 Å². The summed E-state index contributed by atoms with van der Waals surface area (Å²) in [6.07, 6.45) is 8.41. The van der Waals surface area contributed by atoms with Crippen LogP contribution >= 0.6 is 0 Å². The summed E-state index contributed by atoms with van der Waals surface area (Å²) in [6.45, 7) is 2.57. The molecule has 1 aromatic carbocycles. The molecule has 3 aromatic rings. The van der Waals surface area contributed by atoms with E-state index in [-0.39, 0.29) is 24.3 Å². The second kappa shape index (κ2) is 11.2. The van der Waals surface area contributed by atoms with Crippen molar-refractivity contribution in [2.45, 2.75) is 25.9 Å². The maximum absolute atomic E-state index is 13.1. The quantitative estimate of drug-likeness (QED) is 0.579. The number of benzene rings is 1. The fourth-order valence-corrected chi connectivity index (χ4v) is 4.08. The van der Waals surface area contributed by atoms with Gasteiger partial charge in [-0.2, -0.15) is 0 Å². The van der Waals surface area contributed by atoms with E-state index in [4.69, 9.17) is 0 Å². The topological polar surface area (TPSA) is 78.4 Å². The van der Waals surface area contributed by atoms with E-state index in [1.165, 1.54) is 0 Å². The van der Waals surface area contributed by atoms with Crippen molar-refractivity contribution in [3.8, 4) is 0 Å². The first-order valence-corrected chi connectivity index (χ1v) is 11.3. The smallest absolute Gasteiger partial charge is 0.242 e. The van der Waals surface area contributed by atoms with Crippen LogP contribution in [-0.2, 0) is 22.7 Å². The molecule has 2 amide bonds. The van der Waals surface area contributed by atoms with Crippen LogP contribution in [-0.4, -0.2) is 46.3 Å². The molecule has 0 atom stereocenters. The number of pyridine rings is 2. The molecule has 0 unspecified atom stereocenters. The molecule has 1 aliphatic heterocycles.